The predicted molar refractivity (Wildman–Crippen MR) is 54.3 cm³/mol. The van der Waals surface area contributed by atoms with E-state index in [1.54, 1.807) is 0 Å². The van der Waals surface area contributed by atoms with E-state index < -0.39 is 0 Å². The highest BCUT2D eigenvalue weighted by Gasteiger charge is 2.27. The van der Waals surface area contributed by atoms with Crippen molar-refractivity contribution in [3.63, 3.8) is 0 Å². The van der Waals surface area contributed by atoms with E-state index in [-0.39, 0.29) is 0 Å². The largest absolute Gasteiger partial charge is 0.294 e. The molecule has 0 amide bonds. The van der Waals surface area contributed by atoms with Crippen LogP contribution in [0.15, 0.2) is 12.2 Å². The Morgan fingerprint density at radius 2 is 2.17 bits per heavy atom. The minimum absolute atomic E-state index is 0.570. The van der Waals surface area contributed by atoms with Gasteiger partial charge in [0.15, 0.2) is 0 Å². The molecule has 0 aromatic carbocycles. The predicted octanol–water partition coefficient (Wildman–Crippen LogP) is 2.83. The van der Waals surface area contributed by atoms with Crippen LogP contribution >= 0.6 is 0 Å². The van der Waals surface area contributed by atoms with Crippen molar-refractivity contribution in [1.82, 2.24) is 4.90 Å². The first kappa shape index (κ1) is 9.79. The summed E-state index contributed by atoms with van der Waals surface area (Å²) in [7, 11) is 0. The Morgan fingerprint density at radius 3 is 2.42 bits per heavy atom. The third-order valence-electron chi connectivity index (χ3n) is 3.12. The third kappa shape index (κ3) is 1.89. The zero-order valence-corrected chi connectivity index (χ0v) is 8.64. The van der Waals surface area contributed by atoms with E-state index in [1.807, 2.05) is 0 Å². The summed E-state index contributed by atoms with van der Waals surface area (Å²) in [5, 5.41) is 0. The van der Waals surface area contributed by atoms with E-state index in [0.29, 0.717) is 6.04 Å². The van der Waals surface area contributed by atoms with Gasteiger partial charge in [0.25, 0.3) is 0 Å². The van der Waals surface area contributed by atoms with Crippen molar-refractivity contribution >= 4 is 0 Å². The van der Waals surface area contributed by atoms with Crippen LogP contribution in [0.1, 0.15) is 40.0 Å². The first-order valence-electron chi connectivity index (χ1n) is 5.08. The fourth-order valence-electron chi connectivity index (χ4n) is 1.85. The van der Waals surface area contributed by atoms with Gasteiger partial charge in [-0.05, 0) is 33.2 Å². The molecule has 0 spiro atoms. The lowest BCUT2D eigenvalue weighted by Crippen LogP contribution is -2.45. The fraction of sp³-hybridized carbons (Fsp3) is 0.818. The molecule has 1 aliphatic rings. The lowest BCUT2D eigenvalue weighted by molar-refractivity contribution is 0.108. The maximum absolute atomic E-state index is 4.02. The molecule has 70 valence electrons. The molecular formula is C11H21N. The summed E-state index contributed by atoms with van der Waals surface area (Å²) in [5.74, 6) is 0. The standard InChI is InChI=1S/C11H21N/c1-5-12(10(4)9(2)3)11-7-6-8-11/h10-11H,2,5-8H2,1,3-4H3. The van der Waals surface area contributed by atoms with Gasteiger partial charge in [-0.3, -0.25) is 4.90 Å². The Morgan fingerprint density at radius 1 is 1.58 bits per heavy atom. The summed E-state index contributed by atoms with van der Waals surface area (Å²) in [6.07, 6.45) is 4.21. The van der Waals surface area contributed by atoms with Crippen LogP contribution in [-0.2, 0) is 0 Å². The normalized spacial score (nSPS) is 20.7. The minimum Gasteiger partial charge on any atom is -0.294 e. The molecule has 1 rings (SSSR count). The molecule has 1 saturated carbocycles. The molecule has 0 radical (unpaired) electrons. The van der Waals surface area contributed by atoms with Crippen molar-refractivity contribution in [3.8, 4) is 0 Å². The molecule has 1 aliphatic carbocycles. The Balaban J connectivity index is 2.48. The van der Waals surface area contributed by atoms with E-state index in [4.69, 9.17) is 0 Å². The van der Waals surface area contributed by atoms with Gasteiger partial charge in [-0.25, -0.2) is 0 Å². The summed E-state index contributed by atoms with van der Waals surface area (Å²) in [4.78, 5) is 2.58. The van der Waals surface area contributed by atoms with Gasteiger partial charge in [0.2, 0.25) is 0 Å². The van der Waals surface area contributed by atoms with Gasteiger partial charge in [-0.2, -0.15) is 0 Å². The molecular weight excluding hydrogens is 146 g/mol. The molecule has 0 N–H and O–H groups in total. The lowest BCUT2D eigenvalue weighted by Gasteiger charge is -2.41. The molecule has 1 nitrogen and oxygen atoms in total. The molecule has 1 heteroatoms. The number of hydrogen-bond donors (Lipinski definition) is 0. The molecule has 0 aliphatic heterocycles. The van der Waals surface area contributed by atoms with Crippen LogP contribution in [-0.4, -0.2) is 23.5 Å². The van der Waals surface area contributed by atoms with Crippen LogP contribution in [0.2, 0.25) is 0 Å². The van der Waals surface area contributed by atoms with E-state index in [9.17, 15) is 0 Å². The Bertz CT molecular complexity index is 158. The second kappa shape index (κ2) is 4.08. The number of likely N-dealkylation sites (N-methyl/N-ethyl adjacent to an activating group) is 1. The number of rotatable bonds is 4. The third-order valence-corrected chi connectivity index (χ3v) is 3.12. The topological polar surface area (TPSA) is 3.24 Å². The Kier molecular flexibility index (Phi) is 3.33. The zero-order chi connectivity index (χ0) is 9.14. The van der Waals surface area contributed by atoms with E-state index >= 15 is 0 Å². The first-order valence-corrected chi connectivity index (χ1v) is 5.08. The SMILES string of the molecule is C=C(C)C(C)N(CC)C1CCC1. The average molecular weight is 167 g/mol. The highest BCUT2D eigenvalue weighted by molar-refractivity contribution is 5.02. The maximum atomic E-state index is 4.02. The molecule has 1 unspecified atom stereocenters. The van der Waals surface area contributed by atoms with Crippen molar-refractivity contribution in [3.05, 3.63) is 12.2 Å². The zero-order valence-electron chi connectivity index (χ0n) is 8.64. The quantitative estimate of drug-likeness (QED) is 0.582. The van der Waals surface area contributed by atoms with Gasteiger partial charge < -0.3 is 0 Å². The highest BCUT2D eigenvalue weighted by atomic mass is 15.2. The molecule has 0 aromatic heterocycles. The summed E-state index contributed by atoms with van der Waals surface area (Å²) in [5.41, 5.74) is 1.30. The molecule has 1 fully saturated rings. The van der Waals surface area contributed by atoms with Crippen molar-refractivity contribution in [2.75, 3.05) is 6.54 Å². The van der Waals surface area contributed by atoms with Crippen molar-refractivity contribution in [2.45, 2.75) is 52.1 Å². The van der Waals surface area contributed by atoms with Crippen LogP contribution < -0.4 is 0 Å². The first-order chi connectivity index (χ1) is 5.66. The van der Waals surface area contributed by atoms with Crippen molar-refractivity contribution in [1.29, 1.82) is 0 Å². The molecule has 0 bridgehead atoms. The van der Waals surface area contributed by atoms with Gasteiger partial charge in [0, 0.05) is 12.1 Å². The lowest BCUT2D eigenvalue weighted by atomic mass is 9.90. The monoisotopic (exact) mass is 167 g/mol. The Hall–Kier alpha value is -0.300. The summed E-state index contributed by atoms with van der Waals surface area (Å²) in [6, 6.07) is 1.42. The summed E-state index contributed by atoms with van der Waals surface area (Å²) >= 11 is 0. The van der Waals surface area contributed by atoms with E-state index in [1.165, 1.54) is 31.4 Å². The molecule has 1 atom stereocenters. The second-order valence-electron chi connectivity index (χ2n) is 3.94. The number of hydrogen-bond acceptors (Lipinski definition) is 1. The van der Waals surface area contributed by atoms with Crippen molar-refractivity contribution in [2.24, 2.45) is 0 Å². The smallest absolute Gasteiger partial charge is 0.0276 e. The van der Waals surface area contributed by atoms with Crippen LogP contribution in [0, 0.1) is 0 Å². The molecule has 0 saturated heterocycles. The van der Waals surface area contributed by atoms with Crippen LogP contribution in [0.4, 0.5) is 0 Å². The van der Waals surface area contributed by atoms with Crippen molar-refractivity contribution < 1.29 is 0 Å². The van der Waals surface area contributed by atoms with Crippen LogP contribution in [0.3, 0.4) is 0 Å². The highest BCUT2D eigenvalue weighted by Crippen LogP contribution is 2.27. The molecule has 0 aromatic rings. The minimum atomic E-state index is 0.570. The van der Waals surface area contributed by atoms with Gasteiger partial charge in [-0.15, -0.1) is 0 Å². The van der Waals surface area contributed by atoms with E-state index in [2.05, 4.69) is 32.3 Å². The summed E-state index contributed by atoms with van der Waals surface area (Å²) in [6.45, 7) is 11.8. The van der Waals surface area contributed by atoms with E-state index in [0.717, 1.165) is 6.04 Å². The average Bonchev–Trinajstić information content (AvgIpc) is 1.94. The Labute approximate surface area is 76.5 Å². The molecule has 0 heterocycles. The van der Waals surface area contributed by atoms with Gasteiger partial charge in [0.05, 0.1) is 0 Å². The van der Waals surface area contributed by atoms with Crippen LogP contribution in [0.25, 0.3) is 0 Å². The maximum Gasteiger partial charge on any atom is 0.0276 e. The molecule has 12 heavy (non-hydrogen) atoms. The van der Waals surface area contributed by atoms with Gasteiger partial charge >= 0.3 is 0 Å². The van der Waals surface area contributed by atoms with Crippen LogP contribution in [0.5, 0.6) is 0 Å². The number of nitrogens with zero attached hydrogens (tertiary/aromatic N) is 1. The van der Waals surface area contributed by atoms with Gasteiger partial charge in [0.1, 0.15) is 0 Å². The second-order valence-corrected chi connectivity index (χ2v) is 3.94. The van der Waals surface area contributed by atoms with Gasteiger partial charge in [-0.1, -0.05) is 25.5 Å². The fourth-order valence-corrected chi connectivity index (χ4v) is 1.85. The summed E-state index contributed by atoms with van der Waals surface area (Å²) < 4.78 is 0.